The minimum atomic E-state index is -1.23. The number of ketones is 1. The van der Waals surface area contributed by atoms with Crippen molar-refractivity contribution in [2.75, 3.05) is 0 Å². The van der Waals surface area contributed by atoms with E-state index in [1.807, 2.05) is 13.8 Å². The van der Waals surface area contributed by atoms with Gasteiger partial charge in [-0.3, -0.25) is 4.79 Å². The summed E-state index contributed by atoms with van der Waals surface area (Å²) in [5.41, 5.74) is -1.76. The van der Waals surface area contributed by atoms with Gasteiger partial charge in [-0.05, 0) is 19.3 Å². The van der Waals surface area contributed by atoms with E-state index in [2.05, 4.69) is 0 Å². The Bertz CT molecular complexity index is 362. The molecule has 0 aromatic rings. The highest BCUT2D eigenvalue weighted by molar-refractivity contribution is 6.37. The molecule has 2 saturated carbocycles. The van der Waals surface area contributed by atoms with Gasteiger partial charge >= 0.3 is 7.32 Å². The number of Topliss-reactive ketones (excluding diaryl/α,β-unsaturated/α-hetero) is 1. The molecule has 0 unspecified atom stereocenters. The smallest absolute Gasteiger partial charge is 0.402 e. The van der Waals surface area contributed by atoms with Crippen molar-refractivity contribution in [3.63, 3.8) is 0 Å². The lowest BCUT2D eigenvalue weighted by molar-refractivity contribution is -0.186. The average molecular weight is 238 g/mol. The monoisotopic (exact) mass is 238 g/mol. The van der Waals surface area contributed by atoms with Gasteiger partial charge in [0.25, 0.3) is 0 Å². The molecule has 2 aliphatic carbocycles. The minimum Gasteiger partial charge on any atom is -0.402 e. The predicted molar refractivity (Wildman–Crippen MR) is 62.1 cm³/mol. The Morgan fingerprint density at radius 3 is 2.35 bits per heavy atom. The Hall–Kier alpha value is -0.385. The van der Waals surface area contributed by atoms with E-state index in [0.717, 1.165) is 25.7 Å². The summed E-state index contributed by atoms with van der Waals surface area (Å²) in [5.74, 6) is 0.100. The number of rotatable bonds is 0. The molecule has 0 bridgehead atoms. The minimum absolute atomic E-state index is 0.100. The maximum atomic E-state index is 12.4. The standard InChI is InChI=1S/C12H19BO4/c1-10(2)8-12(9(10)14)11(16-13(15)17-12)6-4-3-5-7-11/h15H,3-8H2,1-2H3/t12-/m0/s1. The predicted octanol–water partition coefficient (Wildman–Crippen LogP) is 1.45. The van der Waals surface area contributed by atoms with E-state index in [1.165, 1.54) is 6.42 Å². The van der Waals surface area contributed by atoms with Crippen LogP contribution in [0.15, 0.2) is 0 Å². The molecule has 3 rings (SSSR count). The fourth-order valence-corrected chi connectivity index (χ4v) is 3.92. The van der Waals surface area contributed by atoms with Crippen LogP contribution in [0.4, 0.5) is 0 Å². The highest BCUT2D eigenvalue weighted by Gasteiger charge is 2.74. The highest BCUT2D eigenvalue weighted by atomic mass is 16.7. The molecule has 2 spiro atoms. The van der Waals surface area contributed by atoms with Crippen LogP contribution in [0.3, 0.4) is 0 Å². The van der Waals surface area contributed by atoms with Gasteiger partial charge in [0, 0.05) is 5.41 Å². The summed E-state index contributed by atoms with van der Waals surface area (Å²) >= 11 is 0. The fraction of sp³-hybridized carbons (Fsp3) is 0.917. The molecule has 17 heavy (non-hydrogen) atoms. The van der Waals surface area contributed by atoms with Gasteiger partial charge in [-0.1, -0.05) is 33.1 Å². The van der Waals surface area contributed by atoms with Crippen molar-refractivity contribution in [1.82, 2.24) is 0 Å². The van der Waals surface area contributed by atoms with Crippen LogP contribution in [0.5, 0.6) is 0 Å². The van der Waals surface area contributed by atoms with Crippen molar-refractivity contribution in [3.05, 3.63) is 0 Å². The molecule has 3 aliphatic rings. The third-order valence-corrected chi connectivity index (χ3v) is 4.70. The SMILES string of the molecule is CC1(C)C[C@]2(OB(O)OC23CCCCC3)C1=O. The molecule has 1 heterocycles. The van der Waals surface area contributed by atoms with Gasteiger partial charge in [0.2, 0.25) is 0 Å². The van der Waals surface area contributed by atoms with Crippen LogP contribution in [0.2, 0.25) is 0 Å². The largest absolute Gasteiger partial charge is 0.638 e. The van der Waals surface area contributed by atoms with Gasteiger partial charge in [0.1, 0.15) is 5.60 Å². The van der Waals surface area contributed by atoms with Crippen molar-refractivity contribution in [3.8, 4) is 0 Å². The number of carbonyl (C=O) groups excluding carboxylic acids is 1. The number of fused-ring (bicyclic) bond motifs is 1. The second-order valence-electron chi connectivity index (χ2n) is 6.31. The molecule has 0 radical (unpaired) electrons. The highest BCUT2D eigenvalue weighted by Crippen LogP contribution is 2.60. The van der Waals surface area contributed by atoms with Crippen LogP contribution < -0.4 is 0 Å². The molecular weight excluding hydrogens is 219 g/mol. The summed E-state index contributed by atoms with van der Waals surface area (Å²) in [6.07, 6.45) is 5.58. The average Bonchev–Trinajstić information content (AvgIpc) is 2.53. The van der Waals surface area contributed by atoms with Crippen LogP contribution >= 0.6 is 0 Å². The van der Waals surface area contributed by atoms with Gasteiger partial charge in [0.15, 0.2) is 5.78 Å². The number of hydrogen-bond acceptors (Lipinski definition) is 4. The molecule has 1 saturated heterocycles. The normalized spacial score (nSPS) is 38.8. The van der Waals surface area contributed by atoms with E-state index in [9.17, 15) is 9.82 Å². The van der Waals surface area contributed by atoms with Gasteiger partial charge in [-0.2, -0.15) is 0 Å². The van der Waals surface area contributed by atoms with Crippen molar-refractivity contribution in [1.29, 1.82) is 0 Å². The van der Waals surface area contributed by atoms with Gasteiger partial charge in [-0.25, -0.2) is 0 Å². The van der Waals surface area contributed by atoms with Gasteiger partial charge in [0.05, 0.1) is 5.60 Å². The summed E-state index contributed by atoms with van der Waals surface area (Å²) in [6, 6.07) is 0. The first-order valence-corrected chi connectivity index (χ1v) is 6.51. The zero-order valence-corrected chi connectivity index (χ0v) is 10.5. The van der Waals surface area contributed by atoms with Crippen LogP contribution in [-0.2, 0) is 14.1 Å². The maximum absolute atomic E-state index is 12.4. The Morgan fingerprint density at radius 1 is 1.18 bits per heavy atom. The maximum Gasteiger partial charge on any atom is 0.638 e. The Balaban J connectivity index is 1.95. The summed E-state index contributed by atoms with van der Waals surface area (Å²) < 4.78 is 11.1. The molecular formula is C12H19BO4. The molecule has 5 heteroatoms. The van der Waals surface area contributed by atoms with Crippen molar-refractivity contribution >= 4 is 13.1 Å². The van der Waals surface area contributed by atoms with E-state index < -0.39 is 18.5 Å². The summed E-state index contributed by atoms with van der Waals surface area (Å²) in [7, 11) is -1.23. The van der Waals surface area contributed by atoms with E-state index in [-0.39, 0.29) is 11.2 Å². The Labute approximate surface area is 102 Å². The van der Waals surface area contributed by atoms with E-state index in [4.69, 9.17) is 9.31 Å². The number of carbonyl (C=O) groups is 1. The van der Waals surface area contributed by atoms with E-state index >= 15 is 0 Å². The topological polar surface area (TPSA) is 55.8 Å². The summed E-state index contributed by atoms with van der Waals surface area (Å²) in [6.45, 7) is 3.87. The quantitative estimate of drug-likeness (QED) is 0.649. The van der Waals surface area contributed by atoms with Gasteiger partial charge in [-0.15, -0.1) is 0 Å². The van der Waals surface area contributed by atoms with Crippen LogP contribution in [0, 0.1) is 5.41 Å². The zero-order chi connectivity index (χ0) is 12.3. The van der Waals surface area contributed by atoms with Gasteiger partial charge < -0.3 is 14.3 Å². The van der Waals surface area contributed by atoms with E-state index in [1.54, 1.807) is 0 Å². The lowest BCUT2D eigenvalue weighted by Crippen LogP contribution is -2.70. The molecule has 1 atom stereocenters. The second-order valence-corrected chi connectivity index (χ2v) is 6.31. The van der Waals surface area contributed by atoms with Crippen molar-refractivity contribution in [2.24, 2.45) is 5.41 Å². The van der Waals surface area contributed by atoms with E-state index in [0.29, 0.717) is 6.42 Å². The lowest BCUT2D eigenvalue weighted by atomic mass is 9.52. The molecule has 3 fully saturated rings. The third kappa shape index (κ3) is 1.33. The molecule has 0 amide bonds. The molecule has 1 N–H and O–H groups in total. The molecule has 0 aromatic heterocycles. The van der Waals surface area contributed by atoms with Crippen molar-refractivity contribution in [2.45, 2.75) is 63.6 Å². The lowest BCUT2D eigenvalue weighted by Gasteiger charge is -2.56. The van der Waals surface area contributed by atoms with Crippen LogP contribution in [-0.4, -0.2) is 29.3 Å². The molecule has 94 valence electrons. The third-order valence-electron chi connectivity index (χ3n) is 4.70. The Morgan fingerprint density at radius 2 is 1.82 bits per heavy atom. The first-order chi connectivity index (χ1) is 7.92. The zero-order valence-electron chi connectivity index (χ0n) is 10.5. The second kappa shape index (κ2) is 3.34. The Kier molecular flexibility index (Phi) is 2.29. The molecule has 1 aliphatic heterocycles. The molecule has 4 nitrogen and oxygen atoms in total. The first-order valence-electron chi connectivity index (χ1n) is 6.51. The fourth-order valence-electron chi connectivity index (χ4n) is 3.92. The summed E-state index contributed by atoms with van der Waals surface area (Å²) in [4.78, 5) is 12.4. The number of hydrogen-bond donors (Lipinski definition) is 1. The first kappa shape index (κ1) is 11.7. The van der Waals surface area contributed by atoms with Crippen LogP contribution in [0.25, 0.3) is 0 Å². The molecule has 0 aromatic carbocycles. The van der Waals surface area contributed by atoms with Crippen molar-refractivity contribution < 1.29 is 19.1 Å². The summed E-state index contributed by atoms with van der Waals surface area (Å²) in [5, 5.41) is 9.64. The van der Waals surface area contributed by atoms with Crippen LogP contribution in [0.1, 0.15) is 52.4 Å².